The number of hydrogen-bond acceptors (Lipinski definition) is 5. The van der Waals surface area contributed by atoms with Gasteiger partial charge in [-0.2, -0.15) is 10.2 Å². The number of nitrogens with zero attached hydrogens (tertiary/aromatic N) is 5. The minimum atomic E-state index is -2.70. The van der Waals surface area contributed by atoms with Crippen LogP contribution in [0.4, 0.5) is 8.78 Å². The Labute approximate surface area is 142 Å². The van der Waals surface area contributed by atoms with Gasteiger partial charge in [-0.1, -0.05) is 0 Å². The molecular formula is C16H17F2N5O2. The summed E-state index contributed by atoms with van der Waals surface area (Å²) in [6.45, 7) is 3.19. The Bertz CT molecular complexity index is 961. The summed E-state index contributed by atoms with van der Waals surface area (Å²) >= 11 is 0. The van der Waals surface area contributed by atoms with Crippen LogP contribution in [0.15, 0.2) is 12.3 Å². The van der Waals surface area contributed by atoms with Crippen molar-refractivity contribution in [1.82, 2.24) is 24.5 Å². The molecule has 0 spiro atoms. The molecule has 25 heavy (non-hydrogen) atoms. The molecule has 0 aliphatic carbocycles. The lowest BCUT2D eigenvalue weighted by molar-refractivity contribution is -0.141. The van der Waals surface area contributed by atoms with Gasteiger partial charge in [0.15, 0.2) is 5.65 Å². The van der Waals surface area contributed by atoms with Crippen LogP contribution in [-0.4, -0.2) is 37.6 Å². The van der Waals surface area contributed by atoms with E-state index in [0.717, 1.165) is 0 Å². The van der Waals surface area contributed by atoms with Gasteiger partial charge in [0.2, 0.25) is 0 Å². The molecule has 132 valence electrons. The van der Waals surface area contributed by atoms with Crippen LogP contribution >= 0.6 is 0 Å². The number of aryl methyl sites for hydroxylation is 3. The van der Waals surface area contributed by atoms with E-state index in [2.05, 4.69) is 19.9 Å². The van der Waals surface area contributed by atoms with Crippen molar-refractivity contribution in [2.24, 2.45) is 7.05 Å². The molecule has 0 fully saturated rings. The molecule has 0 radical (unpaired) electrons. The number of rotatable bonds is 4. The highest BCUT2D eigenvalue weighted by Crippen LogP contribution is 2.33. The molecule has 7 nitrogen and oxygen atoms in total. The van der Waals surface area contributed by atoms with Gasteiger partial charge in [-0.15, -0.1) is 0 Å². The number of carbonyl (C=O) groups excluding carboxylic acids is 1. The van der Waals surface area contributed by atoms with Crippen molar-refractivity contribution in [3.05, 3.63) is 29.2 Å². The van der Waals surface area contributed by atoms with E-state index in [1.807, 2.05) is 0 Å². The molecule has 3 rings (SSSR count). The lowest BCUT2D eigenvalue weighted by Crippen LogP contribution is -2.13. The van der Waals surface area contributed by atoms with Crippen LogP contribution in [0.1, 0.15) is 23.4 Å². The molecule has 0 N–H and O–H groups in total. The van der Waals surface area contributed by atoms with Gasteiger partial charge in [0.1, 0.15) is 6.54 Å². The molecule has 3 aromatic heterocycles. The normalized spacial score (nSPS) is 11.5. The summed E-state index contributed by atoms with van der Waals surface area (Å²) in [6, 6.07) is 1.36. The molecule has 0 saturated carbocycles. The zero-order valence-electron chi connectivity index (χ0n) is 14.2. The number of alkyl halides is 2. The third kappa shape index (κ3) is 2.97. The number of halogens is 2. The van der Waals surface area contributed by atoms with E-state index in [1.165, 1.54) is 17.9 Å². The predicted molar refractivity (Wildman–Crippen MR) is 86.2 cm³/mol. The summed E-state index contributed by atoms with van der Waals surface area (Å²) in [6.07, 6.45) is -0.984. The molecule has 3 aromatic rings. The number of fused-ring (bicyclic) bond motifs is 1. The number of esters is 1. The molecule has 9 heteroatoms. The average Bonchev–Trinajstić information content (AvgIpc) is 3.05. The van der Waals surface area contributed by atoms with Crippen molar-refractivity contribution >= 4 is 17.0 Å². The van der Waals surface area contributed by atoms with E-state index in [1.54, 1.807) is 31.8 Å². The minimum absolute atomic E-state index is 0.170. The van der Waals surface area contributed by atoms with Gasteiger partial charge < -0.3 is 4.74 Å². The molecule has 0 aliphatic rings. The van der Waals surface area contributed by atoms with Gasteiger partial charge in [0.25, 0.3) is 6.43 Å². The highest BCUT2D eigenvalue weighted by molar-refractivity contribution is 5.86. The highest BCUT2D eigenvalue weighted by atomic mass is 19.3. The Morgan fingerprint density at radius 1 is 1.28 bits per heavy atom. The van der Waals surface area contributed by atoms with Crippen LogP contribution < -0.4 is 0 Å². The SMILES string of the molecule is COC(=O)Cn1nc(C)c2c(C(F)F)cc(-c3cn(C)nc3C)nc21. The molecule has 0 atom stereocenters. The minimum Gasteiger partial charge on any atom is -0.468 e. The lowest BCUT2D eigenvalue weighted by Gasteiger charge is -2.08. The van der Waals surface area contributed by atoms with Crippen molar-refractivity contribution in [3.8, 4) is 11.3 Å². The lowest BCUT2D eigenvalue weighted by atomic mass is 10.1. The molecule has 3 heterocycles. The molecular weight excluding hydrogens is 332 g/mol. The molecule has 0 amide bonds. The van der Waals surface area contributed by atoms with Crippen LogP contribution in [-0.2, 0) is 23.1 Å². The number of carbonyl (C=O) groups is 1. The first-order valence-electron chi connectivity index (χ1n) is 7.55. The van der Waals surface area contributed by atoms with E-state index in [4.69, 9.17) is 0 Å². The Morgan fingerprint density at radius 2 is 2.00 bits per heavy atom. The quantitative estimate of drug-likeness (QED) is 0.677. The second-order valence-corrected chi connectivity index (χ2v) is 5.72. The van der Waals surface area contributed by atoms with Crippen molar-refractivity contribution < 1.29 is 18.3 Å². The first kappa shape index (κ1) is 17.0. The second kappa shape index (κ2) is 6.23. The maximum atomic E-state index is 13.6. The number of aromatic nitrogens is 5. The van der Waals surface area contributed by atoms with Crippen LogP contribution in [0.5, 0.6) is 0 Å². The second-order valence-electron chi connectivity index (χ2n) is 5.72. The molecule has 0 saturated heterocycles. The van der Waals surface area contributed by atoms with Crippen molar-refractivity contribution in [2.45, 2.75) is 26.8 Å². The van der Waals surface area contributed by atoms with Crippen LogP contribution in [0.2, 0.25) is 0 Å². The third-order valence-corrected chi connectivity index (χ3v) is 3.94. The van der Waals surface area contributed by atoms with Gasteiger partial charge in [-0.05, 0) is 19.9 Å². The molecule has 0 aromatic carbocycles. The van der Waals surface area contributed by atoms with E-state index < -0.39 is 12.4 Å². The van der Waals surface area contributed by atoms with Crippen molar-refractivity contribution in [3.63, 3.8) is 0 Å². The van der Waals surface area contributed by atoms with Crippen LogP contribution in [0.3, 0.4) is 0 Å². The van der Waals surface area contributed by atoms with Crippen molar-refractivity contribution in [1.29, 1.82) is 0 Å². The van der Waals surface area contributed by atoms with Gasteiger partial charge in [-0.3, -0.25) is 9.48 Å². The molecule has 0 bridgehead atoms. The zero-order valence-corrected chi connectivity index (χ0v) is 14.2. The van der Waals surface area contributed by atoms with Gasteiger partial charge in [-0.25, -0.2) is 18.4 Å². The monoisotopic (exact) mass is 349 g/mol. The smallest absolute Gasteiger partial charge is 0.327 e. The van der Waals surface area contributed by atoms with Gasteiger partial charge in [0.05, 0.1) is 29.6 Å². The van der Waals surface area contributed by atoms with Crippen molar-refractivity contribution in [2.75, 3.05) is 7.11 Å². The van der Waals surface area contributed by atoms with E-state index in [0.29, 0.717) is 22.6 Å². The maximum absolute atomic E-state index is 13.6. The predicted octanol–water partition coefficient (Wildman–Crippen LogP) is 2.56. The molecule has 0 unspecified atom stereocenters. The van der Waals surface area contributed by atoms with E-state index in [9.17, 15) is 13.6 Å². The average molecular weight is 349 g/mol. The topological polar surface area (TPSA) is 74.8 Å². The van der Waals surface area contributed by atoms with E-state index >= 15 is 0 Å². The summed E-state index contributed by atoms with van der Waals surface area (Å²) in [5.74, 6) is -0.534. The van der Waals surface area contributed by atoms with E-state index in [-0.39, 0.29) is 23.1 Å². The summed E-state index contributed by atoms with van der Waals surface area (Å²) < 4.78 is 34.8. The van der Waals surface area contributed by atoms with Crippen LogP contribution in [0.25, 0.3) is 22.3 Å². The van der Waals surface area contributed by atoms with Gasteiger partial charge >= 0.3 is 5.97 Å². The fourth-order valence-corrected chi connectivity index (χ4v) is 2.84. The maximum Gasteiger partial charge on any atom is 0.327 e. The highest BCUT2D eigenvalue weighted by Gasteiger charge is 2.23. The first-order chi connectivity index (χ1) is 11.8. The van der Waals surface area contributed by atoms with Gasteiger partial charge in [0, 0.05) is 24.4 Å². The Hall–Kier alpha value is -2.84. The molecule has 0 aliphatic heterocycles. The number of hydrogen-bond donors (Lipinski definition) is 0. The largest absolute Gasteiger partial charge is 0.468 e. The Kier molecular flexibility index (Phi) is 4.23. The van der Waals surface area contributed by atoms with Crippen LogP contribution in [0, 0.1) is 13.8 Å². The Morgan fingerprint density at radius 3 is 2.56 bits per heavy atom. The number of ether oxygens (including phenoxy) is 1. The zero-order chi connectivity index (χ0) is 18.3. The first-order valence-corrected chi connectivity index (χ1v) is 7.55. The Balaban J connectivity index is 2.28. The number of methoxy groups -OCH3 is 1. The number of pyridine rings is 1. The standard InChI is InChI=1S/C16H17F2N5O2/c1-8-11(6-22(3)20-8)12-5-10(15(17)18)14-9(2)21-23(16(14)19-12)7-13(24)25-4/h5-6,15H,7H2,1-4H3. The fourth-order valence-electron chi connectivity index (χ4n) is 2.84. The summed E-state index contributed by atoms with van der Waals surface area (Å²) in [5.41, 5.74) is 2.12. The fraction of sp³-hybridized carbons (Fsp3) is 0.375. The summed E-state index contributed by atoms with van der Waals surface area (Å²) in [4.78, 5) is 16.1. The summed E-state index contributed by atoms with van der Waals surface area (Å²) in [5, 5.41) is 8.66. The third-order valence-electron chi connectivity index (χ3n) is 3.94. The summed E-state index contributed by atoms with van der Waals surface area (Å²) in [7, 11) is 3.00.